The third-order valence-corrected chi connectivity index (χ3v) is 5.29. The molecule has 0 bridgehead atoms. The van der Waals surface area contributed by atoms with Crippen molar-refractivity contribution >= 4 is 28.2 Å². The molecule has 0 aliphatic carbocycles. The topological polar surface area (TPSA) is 106 Å². The van der Waals surface area contributed by atoms with Crippen LogP contribution in [0.3, 0.4) is 0 Å². The lowest BCUT2D eigenvalue weighted by molar-refractivity contribution is 0.100. The Hall–Kier alpha value is -3.87. The number of furan rings is 1. The molecule has 0 spiro atoms. The van der Waals surface area contributed by atoms with Crippen molar-refractivity contribution in [3.05, 3.63) is 71.6 Å². The lowest BCUT2D eigenvalue weighted by Crippen LogP contribution is -2.17. The number of hydrogen-bond acceptors (Lipinski definition) is 6. The van der Waals surface area contributed by atoms with Crippen molar-refractivity contribution in [3.63, 3.8) is 0 Å². The average molecular weight is 399 g/mol. The van der Waals surface area contributed by atoms with Crippen LogP contribution in [0.25, 0.3) is 22.4 Å². The minimum atomic E-state index is -0.492. The van der Waals surface area contributed by atoms with Crippen LogP contribution in [0, 0.1) is 0 Å². The second-order valence-electron chi connectivity index (χ2n) is 7.28. The fraction of sp³-hybridized carbons (Fsp3) is 0.174. The fourth-order valence-corrected chi connectivity index (χ4v) is 3.81. The van der Waals surface area contributed by atoms with Crippen molar-refractivity contribution in [1.82, 2.24) is 9.97 Å². The predicted molar refractivity (Wildman–Crippen MR) is 116 cm³/mol. The Balaban J connectivity index is 1.58. The molecule has 30 heavy (non-hydrogen) atoms. The molecule has 0 saturated carbocycles. The summed E-state index contributed by atoms with van der Waals surface area (Å²) in [6, 6.07) is 15.5. The second kappa shape index (κ2) is 7.51. The summed E-state index contributed by atoms with van der Waals surface area (Å²) in [6.45, 7) is 1.54. The molecule has 1 aliphatic rings. The van der Waals surface area contributed by atoms with Gasteiger partial charge in [0.15, 0.2) is 17.4 Å². The summed E-state index contributed by atoms with van der Waals surface area (Å²) in [5, 5.41) is 8.29. The van der Waals surface area contributed by atoms with E-state index in [-0.39, 0.29) is 0 Å². The number of fused-ring (bicyclic) bond motifs is 2. The van der Waals surface area contributed by atoms with Crippen LogP contribution in [0.5, 0.6) is 0 Å². The molecule has 5 rings (SSSR count). The van der Waals surface area contributed by atoms with Crippen LogP contribution in [0.2, 0.25) is 0 Å². The SMILES string of the molecule is NC(=O)c1cccc2c(-c3nc4c(c(NCc5ccccc5)n3)NCCC4)occ12. The highest BCUT2D eigenvalue weighted by Gasteiger charge is 2.22. The number of aryl methyl sites for hydroxylation is 1. The van der Waals surface area contributed by atoms with Gasteiger partial charge in [-0.2, -0.15) is 0 Å². The van der Waals surface area contributed by atoms with Gasteiger partial charge < -0.3 is 20.8 Å². The van der Waals surface area contributed by atoms with E-state index in [2.05, 4.69) is 22.8 Å². The van der Waals surface area contributed by atoms with E-state index in [0.717, 1.165) is 47.5 Å². The van der Waals surface area contributed by atoms with Crippen LogP contribution in [-0.4, -0.2) is 22.4 Å². The number of nitrogens with one attached hydrogen (secondary N) is 2. The Labute approximate surface area is 173 Å². The molecule has 0 unspecified atom stereocenters. The number of carbonyl (C=O) groups excluding carboxylic acids is 1. The Kier molecular flexibility index (Phi) is 4.55. The van der Waals surface area contributed by atoms with Crippen molar-refractivity contribution in [2.45, 2.75) is 19.4 Å². The molecular formula is C23H21N5O2. The van der Waals surface area contributed by atoms with E-state index in [1.807, 2.05) is 24.3 Å². The first-order valence-corrected chi connectivity index (χ1v) is 9.93. The van der Waals surface area contributed by atoms with Crippen molar-refractivity contribution in [2.75, 3.05) is 17.2 Å². The maximum Gasteiger partial charge on any atom is 0.249 e. The van der Waals surface area contributed by atoms with E-state index >= 15 is 0 Å². The molecule has 2 aromatic heterocycles. The fourth-order valence-electron chi connectivity index (χ4n) is 3.81. The van der Waals surface area contributed by atoms with E-state index in [1.165, 1.54) is 0 Å². The standard InChI is InChI=1S/C23H21N5O2/c24-21(29)16-9-4-8-15-17(16)13-30-20(15)23-27-18-10-5-11-25-19(18)22(28-23)26-12-14-6-2-1-3-7-14/h1-4,6-9,13,25H,5,10-12H2,(H2,24,29)(H,26,27,28). The van der Waals surface area contributed by atoms with Crippen LogP contribution in [0.1, 0.15) is 28.0 Å². The Bertz CT molecular complexity index is 1230. The Morgan fingerprint density at radius 3 is 2.80 bits per heavy atom. The first-order chi connectivity index (χ1) is 14.7. The Morgan fingerprint density at radius 2 is 1.97 bits per heavy atom. The van der Waals surface area contributed by atoms with Gasteiger partial charge in [-0.3, -0.25) is 4.79 Å². The number of hydrogen-bond donors (Lipinski definition) is 3. The van der Waals surface area contributed by atoms with E-state index in [1.54, 1.807) is 18.4 Å². The van der Waals surface area contributed by atoms with Gasteiger partial charge in [0.25, 0.3) is 0 Å². The third kappa shape index (κ3) is 3.24. The first-order valence-electron chi connectivity index (χ1n) is 9.93. The molecule has 0 fully saturated rings. The van der Waals surface area contributed by atoms with Gasteiger partial charge in [-0.05, 0) is 24.5 Å². The van der Waals surface area contributed by atoms with Crippen LogP contribution in [0.15, 0.2) is 59.2 Å². The van der Waals surface area contributed by atoms with Gasteiger partial charge in [0, 0.05) is 23.9 Å². The molecule has 3 heterocycles. The molecule has 7 nitrogen and oxygen atoms in total. The highest BCUT2D eigenvalue weighted by Crippen LogP contribution is 2.35. The molecule has 2 aromatic carbocycles. The maximum absolute atomic E-state index is 11.8. The summed E-state index contributed by atoms with van der Waals surface area (Å²) in [5.41, 5.74) is 8.99. The highest BCUT2D eigenvalue weighted by molar-refractivity contribution is 6.08. The van der Waals surface area contributed by atoms with E-state index < -0.39 is 5.91 Å². The third-order valence-electron chi connectivity index (χ3n) is 5.29. The lowest BCUT2D eigenvalue weighted by Gasteiger charge is -2.21. The maximum atomic E-state index is 11.8. The van der Waals surface area contributed by atoms with Crippen LogP contribution in [0.4, 0.5) is 11.5 Å². The number of rotatable bonds is 5. The van der Waals surface area contributed by atoms with Crippen LogP contribution in [-0.2, 0) is 13.0 Å². The molecule has 0 radical (unpaired) electrons. The minimum absolute atomic E-state index is 0.421. The number of aromatic nitrogens is 2. The number of nitrogens with two attached hydrogens (primary N) is 1. The predicted octanol–water partition coefficient (Wildman–Crippen LogP) is 3.96. The minimum Gasteiger partial charge on any atom is -0.460 e. The van der Waals surface area contributed by atoms with Gasteiger partial charge in [-0.15, -0.1) is 0 Å². The van der Waals surface area contributed by atoms with Gasteiger partial charge in [-0.1, -0.05) is 42.5 Å². The first kappa shape index (κ1) is 18.2. The molecule has 0 atom stereocenters. The van der Waals surface area contributed by atoms with E-state index in [4.69, 9.17) is 20.1 Å². The summed E-state index contributed by atoms with van der Waals surface area (Å²) in [6.07, 6.45) is 3.41. The summed E-state index contributed by atoms with van der Waals surface area (Å²) in [7, 11) is 0. The van der Waals surface area contributed by atoms with Crippen molar-refractivity contribution in [2.24, 2.45) is 5.73 Å². The highest BCUT2D eigenvalue weighted by atomic mass is 16.3. The van der Waals surface area contributed by atoms with Crippen LogP contribution < -0.4 is 16.4 Å². The molecule has 1 aliphatic heterocycles. The number of primary amides is 1. The largest absolute Gasteiger partial charge is 0.460 e. The summed E-state index contributed by atoms with van der Waals surface area (Å²) >= 11 is 0. The summed E-state index contributed by atoms with van der Waals surface area (Å²) in [5.74, 6) is 1.27. The van der Waals surface area contributed by atoms with Gasteiger partial charge in [0.05, 0.1) is 16.9 Å². The van der Waals surface area contributed by atoms with Crippen molar-refractivity contribution in [3.8, 4) is 11.6 Å². The van der Waals surface area contributed by atoms with Gasteiger partial charge in [-0.25, -0.2) is 9.97 Å². The molecule has 1 amide bonds. The van der Waals surface area contributed by atoms with Gasteiger partial charge >= 0.3 is 0 Å². The number of anilines is 2. The second-order valence-corrected chi connectivity index (χ2v) is 7.28. The van der Waals surface area contributed by atoms with E-state index in [0.29, 0.717) is 29.1 Å². The number of nitrogens with zero attached hydrogens (tertiary/aromatic N) is 2. The molecule has 0 saturated heterocycles. The number of amides is 1. The lowest BCUT2D eigenvalue weighted by atomic mass is 10.1. The zero-order chi connectivity index (χ0) is 20.5. The van der Waals surface area contributed by atoms with Crippen LogP contribution >= 0.6 is 0 Å². The van der Waals surface area contributed by atoms with Crippen molar-refractivity contribution < 1.29 is 9.21 Å². The summed E-state index contributed by atoms with van der Waals surface area (Å²) < 4.78 is 5.82. The quantitative estimate of drug-likeness (QED) is 0.469. The molecule has 4 N–H and O–H groups in total. The number of carbonyl (C=O) groups is 1. The smallest absolute Gasteiger partial charge is 0.249 e. The van der Waals surface area contributed by atoms with Gasteiger partial charge in [0.2, 0.25) is 5.91 Å². The number of benzene rings is 2. The van der Waals surface area contributed by atoms with Gasteiger partial charge in [0.1, 0.15) is 6.26 Å². The normalized spacial score (nSPS) is 12.9. The Morgan fingerprint density at radius 1 is 1.10 bits per heavy atom. The molecule has 7 heteroatoms. The summed E-state index contributed by atoms with van der Waals surface area (Å²) in [4.78, 5) is 21.3. The average Bonchev–Trinajstić information content (AvgIpc) is 3.22. The molecule has 150 valence electrons. The van der Waals surface area contributed by atoms with E-state index in [9.17, 15) is 4.79 Å². The monoisotopic (exact) mass is 399 g/mol. The van der Waals surface area contributed by atoms with Crippen molar-refractivity contribution in [1.29, 1.82) is 0 Å². The zero-order valence-corrected chi connectivity index (χ0v) is 16.3. The molecular weight excluding hydrogens is 378 g/mol. The molecule has 4 aromatic rings. The zero-order valence-electron chi connectivity index (χ0n) is 16.3.